The number of carbonyl (C=O) groups excluding carboxylic acids is 1. The van der Waals surface area contributed by atoms with Gasteiger partial charge in [0, 0.05) is 19.8 Å². The van der Waals surface area contributed by atoms with E-state index in [1.165, 1.54) is 0 Å². The van der Waals surface area contributed by atoms with Gasteiger partial charge >= 0.3 is 0 Å². The average molecular weight is 392 g/mol. The quantitative estimate of drug-likeness (QED) is 0.824. The van der Waals surface area contributed by atoms with Crippen LogP contribution in [-0.2, 0) is 9.53 Å². The number of methoxy groups -OCH3 is 1. The monoisotopic (exact) mass is 391 g/mol. The summed E-state index contributed by atoms with van der Waals surface area (Å²) in [6, 6.07) is 5.80. The van der Waals surface area contributed by atoms with Crippen LogP contribution in [0, 0.1) is 5.41 Å². The first-order chi connectivity index (χ1) is 11.1. The van der Waals surface area contributed by atoms with Crippen molar-refractivity contribution in [3.05, 3.63) is 18.2 Å². The molecule has 0 bridgehead atoms. The topological polar surface area (TPSA) is 62.8 Å². The number of benzene rings is 1. The van der Waals surface area contributed by atoms with Gasteiger partial charge in [0.2, 0.25) is 5.91 Å². The number of nitrogens with zero attached hydrogens (tertiary/aromatic N) is 1. The molecular weight excluding hydrogens is 365 g/mol. The SMILES string of the molecule is COCC1(C(=O)Nc2ccc3c(c2)N(C)CCO3)CCNCC1.Cl.Cl. The number of hydrogen-bond donors (Lipinski definition) is 2. The van der Waals surface area contributed by atoms with Crippen molar-refractivity contribution < 1.29 is 14.3 Å². The molecule has 1 fully saturated rings. The lowest BCUT2D eigenvalue weighted by Crippen LogP contribution is -2.47. The number of halogens is 2. The van der Waals surface area contributed by atoms with Gasteiger partial charge in [-0.15, -0.1) is 24.8 Å². The Balaban J connectivity index is 0.00000156. The van der Waals surface area contributed by atoms with Gasteiger partial charge in [-0.1, -0.05) is 0 Å². The van der Waals surface area contributed by atoms with Crippen LogP contribution in [0.1, 0.15) is 12.8 Å². The van der Waals surface area contributed by atoms with E-state index in [4.69, 9.17) is 9.47 Å². The summed E-state index contributed by atoms with van der Waals surface area (Å²) in [5, 5.41) is 6.38. The first-order valence-electron chi connectivity index (χ1n) is 8.14. The van der Waals surface area contributed by atoms with Crippen LogP contribution in [0.2, 0.25) is 0 Å². The van der Waals surface area contributed by atoms with Gasteiger partial charge in [-0.3, -0.25) is 4.79 Å². The van der Waals surface area contributed by atoms with Crippen LogP contribution in [0.5, 0.6) is 5.75 Å². The molecule has 25 heavy (non-hydrogen) atoms. The Hall–Kier alpha value is -1.21. The number of amides is 1. The zero-order valence-corrected chi connectivity index (χ0v) is 16.3. The van der Waals surface area contributed by atoms with Crippen LogP contribution in [0.4, 0.5) is 11.4 Å². The highest BCUT2D eigenvalue weighted by Crippen LogP contribution is 2.35. The summed E-state index contributed by atoms with van der Waals surface area (Å²) >= 11 is 0. The summed E-state index contributed by atoms with van der Waals surface area (Å²) < 4.78 is 11.0. The Bertz CT molecular complexity index is 575. The summed E-state index contributed by atoms with van der Waals surface area (Å²) in [6.45, 7) is 3.69. The fraction of sp³-hybridized carbons (Fsp3) is 0.588. The molecule has 2 N–H and O–H groups in total. The summed E-state index contributed by atoms with van der Waals surface area (Å²) in [5.74, 6) is 0.908. The van der Waals surface area contributed by atoms with Crippen LogP contribution in [0.3, 0.4) is 0 Å². The predicted molar refractivity (Wildman–Crippen MR) is 105 cm³/mol. The van der Waals surface area contributed by atoms with Crippen molar-refractivity contribution in [1.29, 1.82) is 0 Å². The predicted octanol–water partition coefficient (Wildman–Crippen LogP) is 2.31. The van der Waals surface area contributed by atoms with Crippen molar-refractivity contribution in [2.75, 3.05) is 57.2 Å². The molecule has 2 aliphatic heterocycles. The summed E-state index contributed by atoms with van der Waals surface area (Å²) in [7, 11) is 3.69. The van der Waals surface area contributed by atoms with Gasteiger partial charge in [0.05, 0.1) is 24.3 Å². The Morgan fingerprint density at radius 2 is 2.08 bits per heavy atom. The second-order valence-corrected chi connectivity index (χ2v) is 6.37. The van der Waals surface area contributed by atoms with Gasteiger partial charge in [-0.05, 0) is 44.1 Å². The van der Waals surface area contributed by atoms with Gasteiger partial charge < -0.3 is 25.0 Å². The van der Waals surface area contributed by atoms with E-state index in [-0.39, 0.29) is 30.7 Å². The van der Waals surface area contributed by atoms with Gasteiger partial charge in [0.15, 0.2) is 0 Å². The third kappa shape index (κ3) is 4.70. The molecule has 0 radical (unpaired) electrons. The summed E-state index contributed by atoms with van der Waals surface area (Å²) in [5.41, 5.74) is 1.37. The highest BCUT2D eigenvalue weighted by molar-refractivity contribution is 5.96. The van der Waals surface area contributed by atoms with Gasteiger partial charge in [-0.25, -0.2) is 0 Å². The molecule has 3 rings (SSSR count). The number of carbonyl (C=O) groups is 1. The molecular formula is C17H27Cl2N3O3. The van der Waals surface area contributed by atoms with E-state index in [0.29, 0.717) is 13.2 Å². The summed E-state index contributed by atoms with van der Waals surface area (Å²) in [6.07, 6.45) is 1.58. The molecule has 2 aliphatic rings. The van der Waals surface area contributed by atoms with Crippen molar-refractivity contribution in [2.24, 2.45) is 5.41 Å². The number of ether oxygens (including phenoxy) is 2. The Labute approximate surface area is 161 Å². The molecule has 1 amide bonds. The van der Waals surface area contributed by atoms with Crippen molar-refractivity contribution >= 4 is 42.1 Å². The molecule has 8 heteroatoms. The van der Waals surface area contributed by atoms with E-state index in [9.17, 15) is 4.79 Å². The Morgan fingerprint density at radius 1 is 1.36 bits per heavy atom. The van der Waals surface area contributed by atoms with Crippen LogP contribution in [0.25, 0.3) is 0 Å². The first-order valence-corrected chi connectivity index (χ1v) is 8.14. The molecule has 1 aromatic carbocycles. The Morgan fingerprint density at radius 3 is 2.76 bits per heavy atom. The maximum Gasteiger partial charge on any atom is 0.233 e. The molecule has 0 spiro atoms. The smallest absolute Gasteiger partial charge is 0.233 e. The third-order valence-electron chi connectivity index (χ3n) is 4.78. The van der Waals surface area contributed by atoms with E-state index >= 15 is 0 Å². The molecule has 0 unspecified atom stereocenters. The summed E-state index contributed by atoms with van der Waals surface area (Å²) in [4.78, 5) is 15.0. The second-order valence-electron chi connectivity index (χ2n) is 6.37. The number of rotatable bonds is 4. The maximum atomic E-state index is 12.9. The highest BCUT2D eigenvalue weighted by atomic mass is 35.5. The van der Waals surface area contributed by atoms with Crippen molar-refractivity contribution in [3.8, 4) is 5.75 Å². The molecule has 6 nitrogen and oxygen atoms in total. The molecule has 0 aliphatic carbocycles. The number of likely N-dealkylation sites (N-methyl/N-ethyl adjacent to an activating group) is 1. The Kier molecular flexibility index (Phi) is 8.28. The normalized spacial score (nSPS) is 18.1. The minimum absolute atomic E-state index is 0. The van der Waals surface area contributed by atoms with Crippen molar-refractivity contribution in [1.82, 2.24) is 5.32 Å². The minimum atomic E-state index is -0.446. The van der Waals surface area contributed by atoms with Crippen molar-refractivity contribution in [2.45, 2.75) is 12.8 Å². The fourth-order valence-corrected chi connectivity index (χ4v) is 3.31. The zero-order valence-electron chi connectivity index (χ0n) is 14.7. The number of hydrogen-bond acceptors (Lipinski definition) is 5. The molecule has 1 aromatic rings. The number of anilines is 2. The maximum absolute atomic E-state index is 12.9. The van der Waals surface area contributed by atoms with Crippen LogP contribution >= 0.6 is 24.8 Å². The van der Waals surface area contributed by atoms with Crippen molar-refractivity contribution in [3.63, 3.8) is 0 Å². The van der Waals surface area contributed by atoms with E-state index in [2.05, 4.69) is 15.5 Å². The average Bonchev–Trinajstić information content (AvgIpc) is 2.57. The molecule has 142 valence electrons. The van der Waals surface area contributed by atoms with Gasteiger partial charge in [0.1, 0.15) is 12.4 Å². The van der Waals surface area contributed by atoms with Crippen LogP contribution in [0.15, 0.2) is 18.2 Å². The molecule has 2 heterocycles. The minimum Gasteiger partial charge on any atom is -0.490 e. The standard InChI is InChI=1S/C17H25N3O3.2ClH/c1-20-9-10-23-15-4-3-13(11-14(15)20)19-16(21)17(12-22-2)5-7-18-8-6-17;;/h3-4,11,18H,5-10,12H2,1-2H3,(H,19,21);2*1H. The lowest BCUT2D eigenvalue weighted by molar-refractivity contribution is -0.130. The lowest BCUT2D eigenvalue weighted by atomic mass is 9.78. The van der Waals surface area contributed by atoms with Crippen LogP contribution in [-0.4, -0.2) is 52.9 Å². The lowest BCUT2D eigenvalue weighted by Gasteiger charge is -2.35. The number of nitrogens with one attached hydrogen (secondary N) is 2. The third-order valence-corrected chi connectivity index (χ3v) is 4.78. The van der Waals surface area contributed by atoms with E-state index < -0.39 is 5.41 Å². The fourth-order valence-electron chi connectivity index (χ4n) is 3.31. The molecule has 0 atom stereocenters. The molecule has 0 saturated carbocycles. The zero-order chi connectivity index (χ0) is 16.3. The van der Waals surface area contributed by atoms with Gasteiger partial charge in [-0.2, -0.15) is 0 Å². The second kappa shape index (κ2) is 9.48. The largest absolute Gasteiger partial charge is 0.490 e. The van der Waals surface area contributed by atoms with E-state index in [0.717, 1.165) is 49.6 Å². The number of fused-ring (bicyclic) bond motifs is 1. The highest BCUT2D eigenvalue weighted by Gasteiger charge is 2.39. The molecule has 1 saturated heterocycles. The van der Waals surface area contributed by atoms with E-state index in [1.807, 2.05) is 25.2 Å². The van der Waals surface area contributed by atoms with E-state index in [1.54, 1.807) is 7.11 Å². The number of piperidine rings is 1. The molecule has 0 aromatic heterocycles. The van der Waals surface area contributed by atoms with Crippen LogP contribution < -0.4 is 20.3 Å². The first kappa shape index (κ1) is 21.8. The van der Waals surface area contributed by atoms with Gasteiger partial charge in [0.25, 0.3) is 0 Å².